The fourth-order valence-electron chi connectivity index (χ4n) is 2.66. The smallest absolute Gasteiger partial charge is 0.247 e. The Labute approximate surface area is 114 Å². The lowest BCUT2D eigenvalue weighted by atomic mass is 9.91. The van der Waals surface area contributed by atoms with E-state index in [0.717, 1.165) is 23.3 Å². The Balaban J connectivity index is 2.43. The van der Waals surface area contributed by atoms with Crippen molar-refractivity contribution in [3.63, 3.8) is 0 Å². The summed E-state index contributed by atoms with van der Waals surface area (Å²) < 4.78 is 5.36. The lowest BCUT2D eigenvalue weighted by Gasteiger charge is -2.32. The molecule has 1 aliphatic rings. The van der Waals surface area contributed by atoms with Gasteiger partial charge >= 0.3 is 0 Å². The van der Waals surface area contributed by atoms with Gasteiger partial charge in [-0.2, -0.15) is 0 Å². The monoisotopic (exact) mass is 262 g/mol. The van der Waals surface area contributed by atoms with Crippen LogP contribution in [0, 0.1) is 0 Å². The van der Waals surface area contributed by atoms with Crippen molar-refractivity contribution in [1.29, 1.82) is 0 Å². The lowest BCUT2D eigenvalue weighted by Crippen LogP contribution is -2.52. The first-order valence-electron chi connectivity index (χ1n) is 6.64. The lowest BCUT2D eigenvalue weighted by molar-refractivity contribution is -0.137. The van der Waals surface area contributed by atoms with Crippen LogP contribution in [0.5, 0.6) is 5.75 Å². The van der Waals surface area contributed by atoms with Crippen molar-refractivity contribution >= 4 is 5.91 Å². The van der Waals surface area contributed by atoms with Crippen LogP contribution in [-0.4, -0.2) is 31.0 Å². The molecule has 0 heterocycles. The SMILES string of the molecule is COc1cccc2c1CCC2(N)C(=O)N(C)C(C)C. The fourth-order valence-corrected chi connectivity index (χ4v) is 2.66. The molecule has 1 unspecified atom stereocenters. The quantitative estimate of drug-likeness (QED) is 0.901. The van der Waals surface area contributed by atoms with E-state index in [4.69, 9.17) is 10.5 Å². The summed E-state index contributed by atoms with van der Waals surface area (Å²) in [6, 6.07) is 5.90. The fraction of sp³-hybridized carbons (Fsp3) is 0.533. The summed E-state index contributed by atoms with van der Waals surface area (Å²) in [6.07, 6.45) is 1.42. The van der Waals surface area contributed by atoms with Crippen molar-refractivity contribution in [2.45, 2.75) is 38.3 Å². The summed E-state index contributed by atoms with van der Waals surface area (Å²) in [5, 5.41) is 0. The van der Waals surface area contributed by atoms with Gasteiger partial charge in [-0.15, -0.1) is 0 Å². The van der Waals surface area contributed by atoms with Crippen LogP contribution in [0.15, 0.2) is 18.2 Å². The Morgan fingerprint density at radius 2 is 2.16 bits per heavy atom. The summed E-state index contributed by atoms with van der Waals surface area (Å²) in [4.78, 5) is 14.3. The van der Waals surface area contributed by atoms with Crippen molar-refractivity contribution in [2.24, 2.45) is 5.73 Å². The first kappa shape index (κ1) is 13.9. The van der Waals surface area contributed by atoms with Gasteiger partial charge in [0.2, 0.25) is 5.91 Å². The summed E-state index contributed by atoms with van der Waals surface area (Å²) in [7, 11) is 3.45. The number of nitrogens with two attached hydrogens (primary N) is 1. The predicted molar refractivity (Wildman–Crippen MR) is 75.1 cm³/mol. The Bertz CT molecular complexity index is 499. The van der Waals surface area contributed by atoms with Gasteiger partial charge in [0.25, 0.3) is 0 Å². The molecule has 2 N–H and O–H groups in total. The van der Waals surface area contributed by atoms with Gasteiger partial charge in [0.15, 0.2) is 0 Å². The van der Waals surface area contributed by atoms with Crippen molar-refractivity contribution in [3.8, 4) is 5.75 Å². The van der Waals surface area contributed by atoms with E-state index in [0.29, 0.717) is 6.42 Å². The van der Waals surface area contributed by atoms with Gasteiger partial charge in [-0.1, -0.05) is 12.1 Å². The second-order valence-corrected chi connectivity index (χ2v) is 5.47. The summed E-state index contributed by atoms with van der Waals surface area (Å²) in [5.74, 6) is 0.805. The van der Waals surface area contributed by atoms with Crippen LogP contribution in [0.1, 0.15) is 31.4 Å². The van der Waals surface area contributed by atoms with Crippen LogP contribution in [0.2, 0.25) is 0 Å². The summed E-state index contributed by atoms with van der Waals surface area (Å²) >= 11 is 0. The third kappa shape index (κ3) is 2.10. The number of likely N-dealkylation sites (N-methyl/N-ethyl adjacent to an activating group) is 1. The number of benzene rings is 1. The molecule has 104 valence electrons. The van der Waals surface area contributed by atoms with Gasteiger partial charge in [-0.3, -0.25) is 4.79 Å². The van der Waals surface area contributed by atoms with E-state index in [1.807, 2.05) is 32.0 Å². The van der Waals surface area contributed by atoms with Crippen molar-refractivity contribution in [3.05, 3.63) is 29.3 Å². The average molecular weight is 262 g/mol. The number of carbonyl (C=O) groups excluding carboxylic acids is 1. The Morgan fingerprint density at radius 3 is 2.74 bits per heavy atom. The molecule has 0 bridgehead atoms. The molecule has 0 aromatic heterocycles. The number of rotatable bonds is 3. The molecule has 1 aromatic rings. The molecule has 0 fully saturated rings. The van der Waals surface area contributed by atoms with Gasteiger partial charge in [0.05, 0.1) is 7.11 Å². The predicted octanol–water partition coefficient (Wildman–Crippen LogP) is 1.66. The standard InChI is InChI=1S/C15H22N2O2/c1-10(2)17(3)14(18)15(16)9-8-11-12(15)6-5-7-13(11)19-4/h5-7,10H,8-9,16H2,1-4H3. The molecule has 1 amide bonds. The number of ether oxygens (including phenoxy) is 1. The first-order chi connectivity index (χ1) is 8.91. The highest BCUT2D eigenvalue weighted by Crippen LogP contribution is 2.40. The Hall–Kier alpha value is -1.55. The van der Waals surface area contributed by atoms with Crippen LogP contribution in [0.25, 0.3) is 0 Å². The molecule has 0 radical (unpaired) electrons. The van der Waals surface area contributed by atoms with Gasteiger partial charge in [0, 0.05) is 13.1 Å². The van der Waals surface area contributed by atoms with Gasteiger partial charge in [0.1, 0.15) is 11.3 Å². The maximum Gasteiger partial charge on any atom is 0.247 e. The minimum absolute atomic E-state index is 0.0190. The highest BCUT2D eigenvalue weighted by Gasteiger charge is 2.44. The Kier molecular flexibility index (Phi) is 3.54. The van der Waals surface area contributed by atoms with E-state index in [2.05, 4.69) is 0 Å². The van der Waals surface area contributed by atoms with E-state index in [-0.39, 0.29) is 11.9 Å². The molecule has 0 aliphatic heterocycles. The summed E-state index contributed by atoms with van der Waals surface area (Å²) in [5.41, 5.74) is 7.49. The van der Waals surface area contributed by atoms with Crippen molar-refractivity contribution in [2.75, 3.05) is 14.2 Å². The highest BCUT2D eigenvalue weighted by molar-refractivity contribution is 5.89. The van der Waals surface area contributed by atoms with Gasteiger partial charge < -0.3 is 15.4 Å². The number of hydrogen-bond donors (Lipinski definition) is 1. The summed E-state index contributed by atoms with van der Waals surface area (Å²) in [6.45, 7) is 3.98. The number of fused-ring (bicyclic) bond motifs is 1. The normalized spacial score (nSPS) is 21.4. The average Bonchev–Trinajstić information content (AvgIpc) is 2.76. The van der Waals surface area contributed by atoms with E-state index in [9.17, 15) is 4.79 Å². The number of carbonyl (C=O) groups is 1. The zero-order valence-electron chi connectivity index (χ0n) is 12.1. The van der Waals surface area contributed by atoms with Crippen LogP contribution >= 0.6 is 0 Å². The molecule has 19 heavy (non-hydrogen) atoms. The zero-order chi connectivity index (χ0) is 14.2. The van der Waals surface area contributed by atoms with Crippen LogP contribution < -0.4 is 10.5 Å². The van der Waals surface area contributed by atoms with Crippen molar-refractivity contribution < 1.29 is 9.53 Å². The molecule has 1 aliphatic carbocycles. The molecule has 1 aromatic carbocycles. The molecule has 4 heteroatoms. The highest BCUT2D eigenvalue weighted by atomic mass is 16.5. The van der Waals surface area contributed by atoms with Gasteiger partial charge in [-0.25, -0.2) is 0 Å². The van der Waals surface area contributed by atoms with Gasteiger partial charge in [-0.05, 0) is 43.9 Å². The van der Waals surface area contributed by atoms with E-state index < -0.39 is 5.54 Å². The number of hydrogen-bond acceptors (Lipinski definition) is 3. The minimum Gasteiger partial charge on any atom is -0.496 e. The van der Waals surface area contributed by atoms with E-state index >= 15 is 0 Å². The molecule has 0 spiro atoms. The largest absolute Gasteiger partial charge is 0.496 e. The maximum absolute atomic E-state index is 12.6. The maximum atomic E-state index is 12.6. The second-order valence-electron chi connectivity index (χ2n) is 5.47. The van der Waals surface area contributed by atoms with Crippen molar-refractivity contribution in [1.82, 2.24) is 4.90 Å². The van der Waals surface area contributed by atoms with Crippen LogP contribution in [0.3, 0.4) is 0 Å². The molecule has 4 nitrogen and oxygen atoms in total. The number of nitrogens with zero attached hydrogens (tertiary/aromatic N) is 1. The topological polar surface area (TPSA) is 55.6 Å². The van der Waals surface area contributed by atoms with Crippen LogP contribution in [0.4, 0.5) is 0 Å². The third-order valence-electron chi connectivity index (χ3n) is 4.08. The zero-order valence-corrected chi connectivity index (χ0v) is 12.1. The molecule has 0 saturated carbocycles. The molecule has 2 rings (SSSR count). The molecule has 0 saturated heterocycles. The Morgan fingerprint density at radius 1 is 1.47 bits per heavy atom. The van der Waals surface area contributed by atoms with Crippen LogP contribution in [-0.2, 0) is 16.8 Å². The third-order valence-corrected chi connectivity index (χ3v) is 4.08. The number of amides is 1. The van der Waals surface area contributed by atoms with E-state index in [1.165, 1.54) is 0 Å². The molecular weight excluding hydrogens is 240 g/mol. The molecular formula is C15H22N2O2. The minimum atomic E-state index is -0.914. The van der Waals surface area contributed by atoms with E-state index in [1.54, 1.807) is 19.1 Å². The first-order valence-corrected chi connectivity index (χ1v) is 6.64. The number of methoxy groups -OCH3 is 1. The molecule has 1 atom stereocenters. The second kappa shape index (κ2) is 4.85.